The van der Waals surface area contributed by atoms with Crippen molar-refractivity contribution in [2.45, 2.75) is 12.5 Å². The molecule has 0 saturated carbocycles. The zero-order valence-electron chi connectivity index (χ0n) is 13.7. The molecule has 1 aliphatic heterocycles. The summed E-state index contributed by atoms with van der Waals surface area (Å²) in [6.07, 6.45) is 8.10. The van der Waals surface area contributed by atoms with Gasteiger partial charge in [-0.05, 0) is 12.1 Å². The Labute approximate surface area is 139 Å². The molecule has 4 heterocycles. The van der Waals surface area contributed by atoms with Gasteiger partial charge in [-0.2, -0.15) is 0 Å². The lowest BCUT2D eigenvalue weighted by molar-refractivity contribution is 0.225. The number of aromatic nitrogens is 5. The lowest BCUT2D eigenvalue weighted by atomic mass is 10.3. The summed E-state index contributed by atoms with van der Waals surface area (Å²) in [5, 5.41) is 8.11. The molecule has 8 heteroatoms. The van der Waals surface area contributed by atoms with Crippen LogP contribution < -0.4 is 14.5 Å². The number of anilines is 2. The van der Waals surface area contributed by atoms with E-state index in [0.717, 1.165) is 42.5 Å². The molecule has 3 aromatic heterocycles. The van der Waals surface area contributed by atoms with E-state index in [-0.39, 0.29) is 6.10 Å². The van der Waals surface area contributed by atoms with Crippen molar-refractivity contribution in [1.29, 1.82) is 0 Å². The van der Waals surface area contributed by atoms with Gasteiger partial charge < -0.3 is 14.5 Å². The number of hydrogen-bond donors (Lipinski definition) is 0. The molecule has 0 aliphatic carbocycles. The monoisotopic (exact) mass is 325 g/mol. The summed E-state index contributed by atoms with van der Waals surface area (Å²) in [4.78, 5) is 13.0. The average molecular weight is 325 g/mol. The molecular weight excluding hydrogens is 306 g/mol. The zero-order valence-corrected chi connectivity index (χ0v) is 13.7. The highest BCUT2D eigenvalue weighted by molar-refractivity contribution is 5.63. The summed E-state index contributed by atoms with van der Waals surface area (Å²) in [6, 6.07) is 3.86. The number of nitrogens with zero attached hydrogens (tertiary/aromatic N) is 7. The van der Waals surface area contributed by atoms with Gasteiger partial charge in [-0.3, -0.25) is 4.40 Å². The first-order chi connectivity index (χ1) is 11.7. The van der Waals surface area contributed by atoms with Gasteiger partial charge in [0.15, 0.2) is 17.4 Å². The molecule has 3 aromatic rings. The molecule has 0 unspecified atom stereocenters. The minimum atomic E-state index is 0.0953. The summed E-state index contributed by atoms with van der Waals surface area (Å²) >= 11 is 0. The minimum Gasteiger partial charge on any atom is -0.485 e. The maximum absolute atomic E-state index is 6.20. The third-order valence-corrected chi connectivity index (χ3v) is 4.11. The first-order valence-corrected chi connectivity index (χ1v) is 7.90. The van der Waals surface area contributed by atoms with E-state index in [2.05, 4.69) is 25.1 Å². The predicted octanol–water partition coefficient (Wildman–Crippen LogP) is 1.24. The Kier molecular flexibility index (Phi) is 3.64. The molecule has 1 fully saturated rings. The molecule has 0 N–H and O–H groups in total. The van der Waals surface area contributed by atoms with E-state index in [9.17, 15) is 0 Å². The van der Waals surface area contributed by atoms with E-state index in [1.807, 2.05) is 41.7 Å². The zero-order chi connectivity index (χ0) is 16.5. The Morgan fingerprint density at radius 3 is 3.04 bits per heavy atom. The van der Waals surface area contributed by atoms with E-state index < -0.39 is 0 Å². The highest BCUT2D eigenvalue weighted by Gasteiger charge is 2.27. The highest BCUT2D eigenvalue weighted by Crippen LogP contribution is 2.28. The fraction of sp³-hybridized carbons (Fsp3) is 0.375. The Hall–Kier alpha value is -2.90. The fourth-order valence-corrected chi connectivity index (χ4v) is 2.97. The lowest BCUT2D eigenvalue weighted by Gasteiger charge is -2.20. The second kappa shape index (κ2) is 5.95. The number of rotatable bonds is 4. The summed E-state index contributed by atoms with van der Waals surface area (Å²) < 4.78 is 8.07. The van der Waals surface area contributed by atoms with Crippen molar-refractivity contribution in [2.75, 3.05) is 37.0 Å². The van der Waals surface area contributed by atoms with Crippen LogP contribution >= 0.6 is 0 Å². The van der Waals surface area contributed by atoms with E-state index >= 15 is 0 Å². The van der Waals surface area contributed by atoms with Gasteiger partial charge >= 0.3 is 0 Å². The van der Waals surface area contributed by atoms with Gasteiger partial charge in [0.25, 0.3) is 0 Å². The third-order valence-electron chi connectivity index (χ3n) is 4.11. The lowest BCUT2D eigenvalue weighted by Crippen LogP contribution is -2.26. The third kappa shape index (κ3) is 2.60. The quantitative estimate of drug-likeness (QED) is 0.714. The summed E-state index contributed by atoms with van der Waals surface area (Å²) in [7, 11) is 3.93. The predicted molar refractivity (Wildman–Crippen MR) is 90.6 cm³/mol. The van der Waals surface area contributed by atoms with Crippen LogP contribution in [0.15, 0.2) is 37.1 Å². The van der Waals surface area contributed by atoms with Crippen molar-refractivity contribution < 1.29 is 4.74 Å². The smallest absolute Gasteiger partial charge is 0.203 e. The summed E-state index contributed by atoms with van der Waals surface area (Å²) in [5.41, 5.74) is 0.772. The van der Waals surface area contributed by atoms with Crippen LogP contribution in [0.4, 0.5) is 11.6 Å². The van der Waals surface area contributed by atoms with E-state index in [0.29, 0.717) is 0 Å². The van der Waals surface area contributed by atoms with Crippen LogP contribution in [0.25, 0.3) is 5.65 Å². The van der Waals surface area contributed by atoms with Gasteiger partial charge in [-0.15, -0.1) is 10.2 Å². The van der Waals surface area contributed by atoms with Crippen LogP contribution in [0.2, 0.25) is 0 Å². The molecule has 1 saturated heterocycles. The molecule has 8 nitrogen and oxygen atoms in total. The number of hydrogen-bond acceptors (Lipinski definition) is 7. The van der Waals surface area contributed by atoms with Crippen LogP contribution in [0.3, 0.4) is 0 Å². The maximum Gasteiger partial charge on any atom is 0.203 e. The molecule has 0 spiro atoms. The van der Waals surface area contributed by atoms with Crippen LogP contribution in [0.5, 0.6) is 5.75 Å². The Morgan fingerprint density at radius 1 is 1.25 bits per heavy atom. The number of ether oxygens (including phenoxy) is 1. The van der Waals surface area contributed by atoms with Crippen molar-refractivity contribution in [2.24, 2.45) is 0 Å². The summed E-state index contributed by atoms with van der Waals surface area (Å²) in [5.74, 6) is 2.50. The van der Waals surface area contributed by atoms with Crippen molar-refractivity contribution in [1.82, 2.24) is 24.6 Å². The molecule has 4 rings (SSSR count). The topological polar surface area (TPSA) is 71.7 Å². The van der Waals surface area contributed by atoms with Gasteiger partial charge in [0.1, 0.15) is 12.4 Å². The minimum absolute atomic E-state index is 0.0953. The Bertz CT molecular complexity index is 847. The van der Waals surface area contributed by atoms with Crippen molar-refractivity contribution >= 4 is 17.3 Å². The molecule has 1 atom stereocenters. The van der Waals surface area contributed by atoms with E-state index in [4.69, 9.17) is 4.74 Å². The number of pyridine rings is 1. The normalized spacial score (nSPS) is 17.4. The van der Waals surface area contributed by atoms with Crippen LogP contribution in [-0.2, 0) is 0 Å². The van der Waals surface area contributed by atoms with Gasteiger partial charge in [-0.25, -0.2) is 9.97 Å². The molecule has 1 aliphatic rings. The fourth-order valence-electron chi connectivity index (χ4n) is 2.97. The van der Waals surface area contributed by atoms with Crippen molar-refractivity contribution in [3.63, 3.8) is 0 Å². The molecule has 0 aromatic carbocycles. The first-order valence-electron chi connectivity index (χ1n) is 7.90. The number of fused-ring (bicyclic) bond motifs is 1. The molecular formula is C16H19N7O. The van der Waals surface area contributed by atoms with Crippen LogP contribution in [-0.4, -0.2) is 57.9 Å². The molecule has 24 heavy (non-hydrogen) atoms. The van der Waals surface area contributed by atoms with Crippen molar-refractivity contribution in [3.8, 4) is 5.75 Å². The second-order valence-corrected chi connectivity index (χ2v) is 6.01. The summed E-state index contributed by atoms with van der Waals surface area (Å²) in [6.45, 7) is 1.64. The second-order valence-electron chi connectivity index (χ2n) is 6.01. The molecule has 0 bridgehead atoms. The average Bonchev–Trinajstić information content (AvgIpc) is 3.23. The van der Waals surface area contributed by atoms with Gasteiger partial charge in [-0.1, -0.05) is 0 Å². The van der Waals surface area contributed by atoms with Crippen molar-refractivity contribution in [3.05, 3.63) is 37.1 Å². The Morgan fingerprint density at radius 2 is 2.17 bits per heavy atom. The Balaban J connectivity index is 1.52. The maximum atomic E-state index is 6.20. The molecule has 0 radical (unpaired) electrons. The van der Waals surface area contributed by atoms with E-state index in [1.54, 1.807) is 18.7 Å². The first kappa shape index (κ1) is 14.7. The van der Waals surface area contributed by atoms with Gasteiger partial charge in [0, 0.05) is 45.7 Å². The standard InChI is InChI=1S/C16H19N7O/c1-21(2)14-13(4-3-6-17-14)24-12-5-8-22(10-12)15-16-20-19-11-23(16)9-7-18-15/h3-4,6-7,9,11-12H,5,8,10H2,1-2H3/t12-/m1/s1. The molecule has 0 amide bonds. The van der Waals surface area contributed by atoms with Gasteiger partial charge in [0.2, 0.25) is 5.65 Å². The van der Waals surface area contributed by atoms with Crippen LogP contribution in [0.1, 0.15) is 6.42 Å². The van der Waals surface area contributed by atoms with Crippen LogP contribution in [0, 0.1) is 0 Å². The largest absolute Gasteiger partial charge is 0.485 e. The SMILES string of the molecule is CN(C)c1ncccc1O[C@@H]1CCN(c2nccn3cnnc23)C1. The van der Waals surface area contributed by atoms with E-state index in [1.165, 1.54) is 0 Å². The van der Waals surface area contributed by atoms with Gasteiger partial charge in [0.05, 0.1) is 6.54 Å². The molecule has 124 valence electrons. The highest BCUT2D eigenvalue weighted by atomic mass is 16.5.